The van der Waals surface area contributed by atoms with Crippen LogP contribution in [0.4, 0.5) is 5.69 Å². The van der Waals surface area contributed by atoms with Gasteiger partial charge >= 0.3 is 0 Å². The number of benzene rings is 1. The van der Waals surface area contributed by atoms with Gasteiger partial charge in [-0.3, -0.25) is 4.79 Å². The number of fused-ring (bicyclic) bond motifs is 1. The van der Waals surface area contributed by atoms with Crippen molar-refractivity contribution in [2.24, 2.45) is 11.1 Å². The van der Waals surface area contributed by atoms with Crippen molar-refractivity contribution in [3.63, 3.8) is 0 Å². The van der Waals surface area contributed by atoms with Gasteiger partial charge in [0.2, 0.25) is 5.91 Å². The second-order valence-electron chi connectivity index (χ2n) is 5.28. The second-order valence-corrected chi connectivity index (χ2v) is 5.72. The van der Waals surface area contributed by atoms with Crippen molar-refractivity contribution in [2.45, 2.75) is 33.1 Å². The number of amides is 1. The predicted molar refractivity (Wildman–Crippen MR) is 77.7 cm³/mol. The Labute approximate surface area is 113 Å². The van der Waals surface area contributed by atoms with Crippen LogP contribution in [0.2, 0.25) is 0 Å². The Morgan fingerprint density at radius 1 is 1.33 bits per heavy atom. The lowest BCUT2D eigenvalue weighted by Crippen LogP contribution is -2.41. The Morgan fingerprint density at radius 2 is 2.00 bits per heavy atom. The summed E-state index contributed by atoms with van der Waals surface area (Å²) in [7, 11) is 0. The zero-order chi connectivity index (χ0) is 13.3. The van der Waals surface area contributed by atoms with E-state index in [-0.39, 0.29) is 10.9 Å². The van der Waals surface area contributed by atoms with Gasteiger partial charge in [-0.1, -0.05) is 18.3 Å². The molecule has 1 aliphatic rings. The van der Waals surface area contributed by atoms with Crippen LogP contribution in [0.5, 0.6) is 0 Å². The zero-order valence-electron chi connectivity index (χ0n) is 10.7. The summed E-state index contributed by atoms with van der Waals surface area (Å²) in [4.78, 5) is 12.3. The van der Waals surface area contributed by atoms with Crippen molar-refractivity contribution in [1.82, 2.24) is 0 Å². The van der Waals surface area contributed by atoms with Crippen LogP contribution in [0.15, 0.2) is 18.2 Å². The number of hydrogen-bond donors (Lipinski definition) is 2. The first-order chi connectivity index (χ1) is 8.41. The number of hydrogen-bond acceptors (Lipinski definition) is 2. The minimum absolute atomic E-state index is 0.159. The molecule has 0 bridgehead atoms. The Morgan fingerprint density at radius 3 is 2.67 bits per heavy atom. The number of nitrogens with two attached hydrogens (primary N) is 1. The van der Waals surface area contributed by atoms with Crippen LogP contribution in [0.25, 0.3) is 0 Å². The number of anilines is 1. The van der Waals surface area contributed by atoms with Crippen molar-refractivity contribution in [2.75, 3.05) is 5.32 Å². The van der Waals surface area contributed by atoms with Crippen LogP contribution in [-0.4, -0.2) is 10.9 Å². The normalized spacial score (nSPS) is 14.1. The molecule has 3 nitrogen and oxygen atoms in total. The van der Waals surface area contributed by atoms with Crippen molar-refractivity contribution in [3.8, 4) is 0 Å². The Hall–Kier alpha value is -1.42. The maximum absolute atomic E-state index is 12.1. The molecule has 1 aliphatic carbocycles. The number of carbonyl (C=O) groups is 1. The van der Waals surface area contributed by atoms with Gasteiger partial charge in [-0.05, 0) is 56.4 Å². The van der Waals surface area contributed by atoms with E-state index in [0.717, 1.165) is 18.5 Å². The van der Waals surface area contributed by atoms with Gasteiger partial charge in [0.05, 0.1) is 10.4 Å². The van der Waals surface area contributed by atoms with E-state index in [1.807, 2.05) is 6.07 Å². The second kappa shape index (κ2) is 4.69. The fourth-order valence-corrected chi connectivity index (χ4v) is 2.14. The van der Waals surface area contributed by atoms with Crippen LogP contribution in [0.3, 0.4) is 0 Å². The van der Waals surface area contributed by atoms with Crippen LogP contribution in [-0.2, 0) is 17.6 Å². The molecule has 0 radical (unpaired) electrons. The van der Waals surface area contributed by atoms with E-state index >= 15 is 0 Å². The van der Waals surface area contributed by atoms with Crippen LogP contribution in [0, 0.1) is 5.41 Å². The Kier molecular flexibility index (Phi) is 3.39. The number of aryl methyl sites for hydroxylation is 2. The van der Waals surface area contributed by atoms with E-state index in [2.05, 4.69) is 17.4 Å². The summed E-state index contributed by atoms with van der Waals surface area (Å²) >= 11 is 4.92. The van der Waals surface area contributed by atoms with Gasteiger partial charge in [0.15, 0.2) is 0 Å². The van der Waals surface area contributed by atoms with Crippen molar-refractivity contribution < 1.29 is 4.79 Å². The van der Waals surface area contributed by atoms with E-state index in [1.54, 1.807) is 13.8 Å². The Bertz CT molecular complexity index is 509. The number of rotatable bonds is 3. The van der Waals surface area contributed by atoms with E-state index in [1.165, 1.54) is 17.5 Å². The maximum atomic E-state index is 12.1. The van der Waals surface area contributed by atoms with E-state index in [4.69, 9.17) is 18.0 Å². The van der Waals surface area contributed by atoms with E-state index in [9.17, 15) is 4.79 Å². The monoisotopic (exact) mass is 262 g/mol. The maximum Gasteiger partial charge on any atom is 0.236 e. The largest absolute Gasteiger partial charge is 0.392 e. The van der Waals surface area contributed by atoms with Gasteiger partial charge in [-0.25, -0.2) is 0 Å². The molecule has 1 aromatic carbocycles. The minimum Gasteiger partial charge on any atom is -0.392 e. The average molecular weight is 262 g/mol. The smallest absolute Gasteiger partial charge is 0.236 e. The molecule has 4 heteroatoms. The summed E-state index contributed by atoms with van der Waals surface area (Å²) in [6, 6.07) is 6.08. The van der Waals surface area contributed by atoms with Crippen molar-refractivity contribution >= 4 is 28.8 Å². The minimum atomic E-state index is -0.825. The molecular weight excluding hydrogens is 244 g/mol. The highest BCUT2D eigenvalue weighted by atomic mass is 32.1. The molecule has 0 unspecified atom stereocenters. The van der Waals surface area contributed by atoms with Gasteiger partial charge in [0.1, 0.15) is 0 Å². The van der Waals surface area contributed by atoms with Crippen molar-refractivity contribution in [1.29, 1.82) is 0 Å². The van der Waals surface area contributed by atoms with Crippen LogP contribution in [0.1, 0.15) is 31.4 Å². The molecule has 18 heavy (non-hydrogen) atoms. The van der Waals surface area contributed by atoms with Crippen LogP contribution >= 0.6 is 12.2 Å². The molecule has 0 heterocycles. The Balaban J connectivity index is 2.15. The lowest BCUT2D eigenvalue weighted by atomic mass is 9.92. The number of thiocarbonyl (C=S) groups is 1. The molecule has 1 aromatic rings. The molecule has 3 N–H and O–H groups in total. The molecule has 0 saturated carbocycles. The summed E-state index contributed by atoms with van der Waals surface area (Å²) in [5.41, 5.74) is 8.31. The molecule has 0 atom stereocenters. The summed E-state index contributed by atoms with van der Waals surface area (Å²) in [6.45, 7) is 3.47. The molecule has 2 rings (SSSR count). The summed E-state index contributed by atoms with van der Waals surface area (Å²) in [5.74, 6) is -0.159. The first-order valence-electron chi connectivity index (χ1n) is 6.14. The van der Waals surface area contributed by atoms with Crippen LogP contribution < -0.4 is 11.1 Å². The summed E-state index contributed by atoms with van der Waals surface area (Å²) < 4.78 is 0. The third-order valence-corrected chi connectivity index (χ3v) is 4.05. The summed E-state index contributed by atoms with van der Waals surface area (Å²) in [6.07, 6.45) is 3.44. The number of carbonyl (C=O) groups excluding carboxylic acids is 1. The van der Waals surface area contributed by atoms with E-state index < -0.39 is 5.41 Å². The standard InChI is InChI=1S/C14H18N2OS/c1-14(2,12(15)18)13(17)16-11-7-6-9-4-3-5-10(9)8-11/h6-8H,3-5H2,1-2H3,(H2,15,18)(H,16,17). The van der Waals surface area contributed by atoms with Gasteiger partial charge in [0.25, 0.3) is 0 Å². The van der Waals surface area contributed by atoms with Gasteiger partial charge in [-0.2, -0.15) is 0 Å². The summed E-state index contributed by atoms with van der Waals surface area (Å²) in [5, 5.41) is 2.89. The SMILES string of the molecule is CC(C)(C(=O)Nc1ccc2c(c1)CCC2)C(N)=S. The lowest BCUT2D eigenvalue weighted by molar-refractivity contribution is -0.121. The van der Waals surface area contributed by atoms with Crippen molar-refractivity contribution in [3.05, 3.63) is 29.3 Å². The molecule has 0 spiro atoms. The first kappa shape index (κ1) is 13.0. The van der Waals surface area contributed by atoms with Gasteiger partial charge in [0, 0.05) is 5.69 Å². The highest BCUT2D eigenvalue weighted by molar-refractivity contribution is 7.80. The average Bonchev–Trinajstić information content (AvgIpc) is 2.75. The number of nitrogens with one attached hydrogen (secondary N) is 1. The highest BCUT2D eigenvalue weighted by Crippen LogP contribution is 2.26. The first-order valence-corrected chi connectivity index (χ1v) is 6.55. The van der Waals surface area contributed by atoms with E-state index in [0.29, 0.717) is 0 Å². The van der Waals surface area contributed by atoms with Gasteiger partial charge in [-0.15, -0.1) is 0 Å². The fraction of sp³-hybridized carbons (Fsp3) is 0.429. The molecular formula is C14H18N2OS. The topological polar surface area (TPSA) is 55.1 Å². The molecule has 96 valence electrons. The molecule has 1 amide bonds. The third-order valence-electron chi connectivity index (χ3n) is 3.54. The van der Waals surface area contributed by atoms with Gasteiger partial charge < -0.3 is 11.1 Å². The lowest BCUT2D eigenvalue weighted by Gasteiger charge is -2.22. The highest BCUT2D eigenvalue weighted by Gasteiger charge is 2.31. The predicted octanol–water partition coefficient (Wildman–Crippen LogP) is 2.43. The molecule has 0 aromatic heterocycles. The zero-order valence-corrected chi connectivity index (χ0v) is 11.6. The molecule has 0 saturated heterocycles. The molecule has 0 aliphatic heterocycles. The quantitative estimate of drug-likeness (QED) is 0.823. The third kappa shape index (κ3) is 2.38. The fourth-order valence-electron chi connectivity index (χ4n) is 2.05. The molecule has 0 fully saturated rings.